The minimum atomic E-state index is -3.91. The number of amides is 1. The number of nitrogens with zero attached hydrogens (tertiary/aromatic N) is 1. The van der Waals surface area contributed by atoms with E-state index < -0.39 is 15.9 Å². The average Bonchev–Trinajstić information content (AvgIpc) is 2.56. The van der Waals surface area contributed by atoms with Gasteiger partial charge >= 0.3 is 0 Å². The third-order valence-corrected chi connectivity index (χ3v) is 5.80. The van der Waals surface area contributed by atoms with Gasteiger partial charge in [0.2, 0.25) is 15.9 Å². The predicted octanol–water partition coefficient (Wildman–Crippen LogP) is 2.93. The van der Waals surface area contributed by atoms with Crippen LogP contribution < -0.4 is 5.32 Å². The van der Waals surface area contributed by atoms with Gasteiger partial charge < -0.3 is 5.32 Å². The lowest BCUT2D eigenvalue weighted by Crippen LogP contribution is -2.38. The number of hydrogen-bond donors (Lipinski definition) is 1. The fourth-order valence-corrected chi connectivity index (χ4v) is 3.84. The number of nitrogens with one attached hydrogen (secondary N) is 1. The number of hydrogen-bond acceptors (Lipinski definition) is 3. The van der Waals surface area contributed by atoms with Gasteiger partial charge in [-0.3, -0.25) is 4.79 Å². The van der Waals surface area contributed by atoms with Gasteiger partial charge in [-0.05, 0) is 23.8 Å². The molecule has 0 aromatic heterocycles. The second-order valence-corrected chi connectivity index (χ2v) is 7.96. The molecular formula is C16H16Cl2N2O3S. The van der Waals surface area contributed by atoms with E-state index in [0.717, 1.165) is 9.87 Å². The van der Waals surface area contributed by atoms with Crippen molar-refractivity contribution in [3.8, 4) is 0 Å². The van der Waals surface area contributed by atoms with E-state index >= 15 is 0 Å². The third kappa shape index (κ3) is 4.70. The summed E-state index contributed by atoms with van der Waals surface area (Å²) in [6.45, 7) is 0.00346. The van der Waals surface area contributed by atoms with Crippen molar-refractivity contribution < 1.29 is 13.2 Å². The first-order valence-corrected chi connectivity index (χ1v) is 9.22. The smallest absolute Gasteiger partial charge is 0.244 e. The molecule has 0 saturated heterocycles. The van der Waals surface area contributed by atoms with Crippen LogP contribution in [-0.4, -0.2) is 32.2 Å². The monoisotopic (exact) mass is 386 g/mol. The van der Waals surface area contributed by atoms with Crippen LogP contribution in [0.1, 0.15) is 5.56 Å². The fourth-order valence-electron chi connectivity index (χ4n) is 1.98. The van der Waals surface area contributed by atoms with Crippen LogP contribution in [0.15, 0.2) is 53.4 Å². The number of carbonyl (C=O) groups excluding carboxylic acids is 1. The zero-order chi connectivity index (χ0) is 17.7. The Balaban J connectivity index is 2.03. The van der Waals surface area contributed by atoms with E-state index in [9.17, 15) is 13.2 Å². The summed E-state index contributed by atoms with van der Waals surface area (Å²) in [7, 11) is -2.60. The molecule has 5 nitrogen and oxygen atoms in total. The molecule has 1 N–H and O–H groups in total. The number of carbonyl (C=O) groups is 1. The Morgan fingerprint density at radius 1 is 1.12 bits per heavy atom. The Hall–Kier alpha value is -1.60. The molecule has 0 atom stereocenters. The summed E-state index contributed by atoms with van der Waals surface area (Å²) in [5.74, 6) is -0.414. The van der Waals surface area contributed by atoms with E-state index in [1.807, 2.05) is 30.3 Å². The molecule has 2 rings (SSSR count). The summed E-state index contributed by atoms with van der Waals surface area (Å²) < 4.78 is 26.0. The first-order chi connectivity index (χ1) is 11.3. The van der Waals surface area contributed by atoms with Crippen molar-refractivity contribution in [1.82, 2.24) is 9.62 Å². The Morgan fingerprint density at radius 3 is 2.46 bits per heavy atom. The SMILES string of the molecule is CN(CC(=O)NCc1ccccc1)S(=O)(=O)c1cc(Cl)ccc1Cl. The molecule has 2 aromatic rings. The molecule has 128 valence electrons. The van der Waals surface area contributed by atoms with Crippen LogP contribution in [0.2, 0.25) is 10.0 Å². The Bertz CT molecular complexity index is 826. The maximum Gasteiger partial charge on any atom is 0.244 e. The molecular weight excluding hydrogens is 371 g/mol. The topological polar surface area (TPSA) is 66.5 Å². The van der Waals surface area contributed by atoms with Gasteiger partial charge in [-0.15, -0.1) is 0 Å². The van der Waals surface area contributed by atoms with E-state index in [4.69, 9.17) is 23.2 Å². The van der Waals surface area contributed by atoms with E-state index in [2.05, 4.69) is 5.32 Å². The van der Waals surface area contributed by atoms with Crippen LogP contribution in [0.4, 0.5) is 0 Å². The summed E-state index contributed by atoms with van der Waals surface area (Å²) in [4.78, 5) is 11.9. The van der Waals surface area contributed by atoms with E-state index in [-0.39, 0.29) is 21.5 Å². The van der Waals surface area contributed by atoms with Gasteiger partial charge in [0.15, 0.2) is 0 Å². The summed E-state index contributed by atoms with van der Waals surface area (Å²) in [6, 6.07) is 13.5. The van der Waals surface area contributed by atoms with Crippen molar-refractivity contribution in [2.45, 2.75) is 11.4 Å². The lowest BCUT2D eigenvalue weighted by molar-refractivity contribution is -0.121. The van der Waals surface area contributed by atoms with Crippen LogP contribution in [0.25, 0.3) is 0 Å². The molecule has 0 aliphatic rings. The van der Waals surface area contributed by atoms with E-state index in [1.54, 1.807) is 0 Å². The number of rotatable bonds is 6. The molecule has 0 unspecified atom stereocenters. The van der Waals surface area contributed by atoms with Gasteiger partial charge in [-0.1, -0.05) is 53.5 Å². The van der Waals surface area contributed by atoms with Gasteiger partial charge in [0.1, 0.15) is 4.90 Å². The average molecular weight is 387 g/mol. The van der Waals surface area contributed by atoms with Crippen molar-refractivity contribution in [3.63, 3.8) is 0 Å². The van der Waals surface area contributed by atoms with E-state index in [1.165, 1.54) is 25.2 Å². The molecule has 0 spiro atoms. The molecule has 1 amide bonds. The summed E-state index contributed by atoms with van der Waals surface area (Å²) in [5.41, 5.74) is 0.925. The maximum atomic E-state index is 12.5. The lowest BCUT2D eigenvalue weighted by Gasteiger charge is -2.18. The molecule has 0 saturated carbocycles. The number of benzene rings is 2. The molecule has 0 aliphatic carbocycles. The summed E-state index contributed by atoms with van der Waals surface area (Å²) >= 11 is 11.8. The highest BCUT2D eigenvalue weighted by Crippen LogP contribution is 2.27. The van der Waals surface area contributed by atoms with Crippen molar-refractivity contribution >= 4 is 39.1 Å². The molecule has 0 bridgehead atoms. The van der Waals surface area contributed by atoms with Gasteiger partial charge in [0, 0.05) is 18.6 Å². The highest BCUT2D eigenvalue weighted by molar-refractivity contribution is 7.89. The quantitative estimate of drug-likeness (QED) is 0.829. The molecule has 2 aromatic carbocycles. The van der Waals surface area contributed by atoms with E-state index in [0.29, 0.717) is 6.54 Å². The molecule has 8 heteroatoms. The van der Waals surface area contributed by atoms with Crippen LogP contribution >= 0.6 is 23.2 Å². The summed E-state index contributed by atoms with van der Waals surface area (Å²) in [6.07, 6.45) is 0. The second kappa shape index (κ2) is 7.98. The van der Waals surface area contributed by atoms with Crippen molar-refractivity contribution in [3.05, 3.63) is 64.1 Å². The standard InChI is InChI=1S/C16H16Cl2N2O3S/c1-20(11-16(21)19-10-12-5-3-2-4-6-12)24(22,23)15-9-13(17)7-8-14(15)18/h2-9H,10-11H2,1H3,(H,19,21). The van der Waals surface area contributed by atoms with Gasteiger partial charge in [0.25, 0.3) is 0 Å². The first kappa shape index (κ1) is 18.7. The largest absolute Gasteiger partial charge is 0.351 e. The highest BCUT2D eigenvalue weighted by Gasteiger charge is 2.25. The van der Waals surface area contributed by atoms with Crippen LogP contribution in [0.3, 0.4) is 0 Å². The molecule has 0 aliphatic heterocycles. The zero-order valence-corrected chi connectivity index (χ0v) is 15.2. The molecule has 0 radical (unpaired) electrons. The minimum absolute atomic E-state index is 0.0518. The normalized spacial score (nSPS) is 11.5. The first-order valence-electron chi connectivity index (χ1n) is 7.02. The Kier molecular flexibility index (Phi) is 6.23. The van der Waals surface area contributed by atoms with Gasteiger partial charge in [-0.25, -0.2) is 8.42 Å². The van der Waals surface area contributed by atoms with Gasteiger partial charge in [0.05, 0.1) is 11.6 Å². The van der Waals surface area contributed by atoms with Crippen LogP contribution in [0.5, 0.6) is 0 Å². The number of sulfonamides is 1. The second-order valence-electron chi connectivity index (χ2n) is 5.10. The third-order valence-electron chi connectivity index (χ3n) is 3.28. The van der Waals surface area contributed by atoms with Crippen molar-refractivity contribution in [2.75, 3.05) is 13.6 Å². The summed E-state index contributed by atoms with van der Waals surface area (Å²) in [5, 5.41) is 2.98. The number of halogens is 2. The van der Waals surface area contributed by atoms with Crippen LogP contribution in [0, 0.1) is 0 Å². The van der Waals surface area contributed by atoms with Crippen molar-refractivity contribution in [2.24, 2.45) is 0 Å². The highest BCUT2D eigenvalue weighted by atomic mass is 35.5. The van der Waals surface area contributed by atoms with Crippen molar-refractivity contribution in [1.29, 1.82) is 0 Å². The Morgan fingerprint density at radius 2 is 1.79 bits per heavy atom. The zero-order valence-electron chi connectivity index (χ0n) is 12.9. The minimum Gasteiger partial charge on any atom is -0.351 e. The molecule has 0 heterocycles. The predicted molar refractivity (Wildman–Crippen MR) is 94.6 cm³/mol. The Labute approximate surface area is 151 Å². The van der Waals surface area contributed by atoms with Crippen LogP contribution in [-0.2, 0) is 21.4 Å². The molecule has 24 heavy (non-hydrogen) atoms. The number of likely N-dealkylation sites (N-methyl/N-ethyl adjacent to an activating group) is 1. The maximum absolute atomic E-state index is 12.5. The lowest BCUT2D eigenvalue weighted by atomic mass is 10.2. The fraction of sp³-hybridized carbons (Fsp3) is 0.188. The molecule has 0 fully saturated rings. The van der Waals surface area contributed by atoms with Gasteiger partial charge in [-0.2, -0.15) is 4.31 Å².